The summed E-state index contributed by atoms with van der Waals surface area (Å²) in [6.45, 7) is 3.89. The molecule has 30 heavy (non-hydrogen) atoms. The minimum atomic E-state index is -1.15. The number of piperidine rings is 1. The Morgan fingerprint density at radius 1 is 1.23 bits per heavy atom. The highest BCUT2D eigenvalue weighted by Crippen LogP contribution is 2.42. The Labute approximate surface area is 178 Å². The van der Waals surface area contributed by atoms with E-state index in [1.54, 1.807) is 19.1 Å². The largest absolute Gasteiger partial charge is 0.385 e. The molecule has 2 unspecified atom stereocenters. The van der Waals surface area contributed by atoms with E-state index in [-0.39, 0.29) is 36.7 Å². The minimum absolute atomic E-state index is 0.000358. The summed E-state index contributed by atoms with van der Waals surface area (Å²) in [6.07, 6.45) is 2.42. The van der Waals surface area contributed by atoms with Crippen LogP contribution in [0.15, 0.2) is 24.3 Å². The maximum atomic E-state index is 13.6. The van der Waals surface area contributed by atoms with Gasteiger partial charge in [0.2, 0.25) is 17.7 Å². The van der Waals surface area contributed by atoms with Crippen LogP contribution < -0.4 is 0 Å². The average molecular weight is 417 g/mol. The lowest BCUT2D eigenvalue weighted by molar-refractivity contribution is -0.143. The number of rotatable bonds is 8. The topological polar surface area (TPSA) is 76.2 Å². The van der Waals surface area contributed by atoms with Gasteiger partial charge in [-0.25, -0.2) is 0 Å². The molecule has 2 fully saturated rings. The second-order valence-electron chi connectivity index (χ2n) is 8.29. The van der Waals surface area contributed by atoms with Gasteiger partial charge in [-0.05, 0) is 37.3 Å². The highest BCUT2D eigenvalue weighted by Gasteiger charge is 2.54. The molecule has 0 saturated carbocycles. The number of nitrogens with zero attached hydrogens (tertiary/aromatic N) is 2. The van der Waals surface area contributed by atoms with E-state index in [4.69, 9.17) is 9.47 Å². The number of hydrogen-bond acceptors (Lipinski definition) is 5. The lowest BCUT2D eigenvalue weighted by Gasteiger charge is -2.35. The molecule has 7 heteroatoms. The zero-order chi connectivity index (χ0) is 21.7. The van der Waals surface area contributed by atoms with Crippen LogP contribution in [-0.4, -0.2) is 74.1 Å². The van der Waals surface area contributed by atoms with Crippen LogP contribution in [0.3, 0.4) is 0 Å². The van der Waals surface area contributed by atoms with Crippen molar-refractivity contribution in [3.63, 3.8) is 0 Å². The van der Waals surface area contributed by atoms with Crippen molar-refractivity contribution in [2.75, 3.05) is 40.5 Å². The van der Waals surface area contributed by atoms with Crippen LogP contribution in [-0.2, 0) is 29.3 Å². The van der Waals surface area contributed by atoms with Crippen molar-refractivity contribution in [2.45, 2.75) is 50.5 Å². The molecule has 0 bridgehead atoms. The Morgan fingerprint density at radius 3 is 2.70 bits per heavy atom. The van der Waals surface area contributed by atoms with Crippen molar-refractivity contribution < 1.29 is 23.9 Å². The Kier molecular flexibility index (Phi) is 7.26. The number of aryl methyl sites for hydroxylation is 1. The molecule has 1 aromatic rings. The van der Waals surface area contributed by atoms with E-state index in [1.165, 1.54) is 4.90 Å². The molecule has 2 atom stereocenters. The van der Waals surface area contributed by atoms with Crippen LogP contribution in [0.2, 0.25) is 0 Å². The molecule has 1 aromatic carbocycles. The molecule has 3 rings (SSSR count). The summed E-state index contributed by atoms with van der Waals surface area (Å²) >= 11 is 0. The molecule has 7 nitrogen and oxygen atoms in total. The predicted molar refractivity (Wildman–Crippen MR) is 112 cm³/mol. The quantitative estimate of drug-likeness (QED) is 0.479. The number of benzene rings is 1. The third-order valence-electron chi connectivity index (χ3n) is 6.32. The van der Waals surface area contributed by atoms with Gasteiger partial charge in [0.1, 0.15) is 0 Å². The molecule has 2 heterocycles. The Bertz CT molecular complexity index is 796. The van der Waals surface area contributed by atoms with Crippen LogP contribution in [0.4, 0.5) is 0 Å². The van der Waals surface area contributed by atoms with Crippen molar-refractivity contribution in [3.05, 3.63) is 35.4 Å². The van der Waals surface area contributed by atoms with Crippen molar-refractivity contribution in [2.24, 2.45) is 0 Å². The molecule has 164 valence electrons. The maximum absolute atomic E-state index is 13.6. The number of carbonyl (C=O) groups is 3. The summed E-state index contributed by atoms with van der Waals surface area (Å²) in [5.74, 6) is -0.591. The maximum Gasteiger partial charge on any atom is 0.240 e. The lowest BCUT2D eigenvalue weighted by atomic mass is 9.73. The third kappa shape index (κ3) is 4.42. The molecule has 2 aliphatic rings. The smallest absolute Gasteiger partial charge is 0.240 e. The van der Waals surface area contributed by atoms with Crippen LogP contribution in [0.25, 0.3) is 0 Å². The zero-order valence-electron chi connectivity index (χ0n) is 18.2. The van der Waals surface area contributed by atoms with Gasteiger partial charge in [-0.2, -0.15) is 0 Å². The number of likely N-dealkylation sites (tertiary alicyclic amines) is 2. The van der Waals surface area contributed by atoms with E-state index in [1.807, 2.05) is 31.2 Å². The molecule has 0 spiro atoms. The second-order valence-corrected chi connectivity index (χ2v) is 8.29. The summed E-state index contributed by atoms with van der Waals surface area (Å²) in [4.78, 5) is 42.8. The molecule has 2 saturated heterocycles. The van der Waals surface area contributed by atoms with Gasteiger partial charge in [0.15, 0.2) is 0 Å². The summed E-state index contributed by atoms with van der Waals surface area (Å²) in [5, 5.41) is 0. The van der Waals surface area contributed by atoms with Crippen LogP contribution in [0.5, 0.6) is 0 Å². The highest BCUT2D eigenvalue weighted by atomic mass is 16.5. The SMILES string of the molecule is COCCCN1C(=O)CC(CC(=O)N2CCCC(OC)C2)(c2ccccc2C)C1=O. The van der Waals surface area contributed by atoms with Gasteiger partial charge in [0, 0.05) is 53.3 Å². The van der Waals surface area contributed by atoms with Crippen molar-refractivity contribution in [1.82, 2.24) is 9.80 Å². The molecule has 3 amide bonds. The normalized spacial score (nSPS) is 24.6. The molecule has 0 N–H and O–H groups in total. The molecule has 0 aromatic heterocycles. The first kappa shape index (κ1) is 22.4. The number of carbonyl (C=O) groups excluding carboxylic acids is 3. The van der Waals surface area contributed by atoms with Crippen LogP contribution >= 0.6 is 0 Å². The van der Waals surface area contributed by atoms with Crippen LogP contribution in [0.1, 0.15) is 43.2 Å². The van der Waals surface area contributed by atoms with Crippen molar-refractivity contribution >= 4 is 17.7 Å². The first-order valence-electron chi connectivity index (χ1n) is 10.6. The first-order valence-corrected chi connectivity index (χ1v) is 10.6. The number of hydrogen-bond donors (Lipinski definition) is 0. The van der Waals surface area contributed by atoms with E-state index >= 15 is 0 Å². The van der Waals surface area contributed by atoms with Gasteiger partial charge in [-0.15, -0.1) is 0 Å². The Hall–Kier alpha value is -2.25. The van der Waals surface area contributed by atoms with Gasteiger partial charge in [-0.3, -0.25) is 19.3 Å². The van der Waals surface area contributed by atoms with Gasteiger partial charge >= 0.3 is 0 Å². The van der Waals surface area contributed by atoms with Crippen molar-refractivity contribution in [1.29, 1.82) is 0 Å². The van der Waals surface area contributed by atoms with Gasteiger partial charge in [0.05, 0.1) is 11.5 Å². The summed E-state index contributed by atoms with van der Waals surface area (Å²) in [7, 11) is 3.25. The Morgan fingerprint density at radius 2 is 2.00 bits per heavy atom. The lowest BCUT2D eigenvalue weighted by Crippen LogP contribution is -2.47. The molecular formula is C23H32N2O5. The second kappa shape index (κ2) is 9.71. The molecule has 0 aliphatic carbocycles. The molecule has 2 aliphatic heterocycles. The first-order chi connectivity index (χ1) is 14.4. The van der Waals surface area contributed by atoms with Crippen LogP contribution in [0, 0.1) is 6.92 Å². The fourth-order valence-corrected chi connectivity index (χ4v) is 4.67. The summed E-state index contributed by atoms with van der Waals surface area (Å²) < 4.78 is 10.5. The number of ether oxygens (including phenoxy) is 2. The average Bonchev–Trinajstić information content (AvgIpc) is 2.99. The molecule has 0 radical (unpaired) electrons. The number of methoxy groups -OCH3 is 2. The number of amides is 3. The van der Waals surface area contributed by atoms with E-state index in [9.17, 15) is 14.4 Å². The monoisotopic (exact) mass is 416 g/mol. The highest BCUT2D eigenvalue weighted by molar-refractivity contribution is 6.11. The standard InChI is InChI=1S/C23H32N2O5/c1-17-8-4-5-10-19(17)23(14-20(26)24-11-6-9-18(16-24)30-3)15-21(27)25(22(23)28)12-7-13-29-2/h4-5,8,10,18H,6-7,9,11-16H2,1-3H3. The van der Waals surface area contributed by atoms with E-state index in [0.29, 0.717) is 32.7 Å². The van der Waals surface area contributed by atoms with Gasteiger partial charge < -0.3 is 14.4 Å². The number of imide groups is 1. The fourth-order valence-electron chi connectivity index (χ4n) is 4.67. The van der Waals surface area contributed by atoms with E-state index in [2.05, 4.69) is 0 Å². The minimum Gasteiger partial charge on any atom is -0.385 e. The summed E-state index contributed by atoms with van der Waals surface area (Å²) in [5.41, 5.74) is 0.539. The predicted octanol–water partition coefficient (Wildman–Crippen LogP) is 2.06. The van der Waals surface area contributed by atoms with E-state index < -0.39 is 5.41 Å². The van der Waals surface area contributed by atoms with Crippen molar-refractivity contribution in [3.8, 4) is 0 Å². The van der Waals surface area contributed by atoms with Gasteiger partial charge in [0.25, 0.3) is 0 Å². The van der Waals surface area contributed by atoms with E-state index in [0.717, 1.165) is 24.0 Å². The molecular weight excluding hydrogens is 384 g/mol. The van der Waals surface area contributed by atoms with Gasteiger partial charge in [-0.1, -0.05) is 24.3 Å². The zero-order valence-corrected chi connectivity index (χ0v) is 18.2. The fraction of sp³-hybridized carbons (Fsp3) is 0.609. The summed E-state index contributed by atoms with van der Waals surface area (Å²) in [6, 6.07) is 7.57. The Balaban J connectivity index is 1.90. The third-order valence-corrected chi connectivity index (χ3v) is 6.32.